The number of guanidine groups is 1. The van der Waals surface area contributed by atoms with Crippen molar-refractivity contribution in [2.75, 3.05) is 18.1 Å². The average molecular weight is 424 g/mol. The SMILES string of the molecule is N/N=C(/N)N(N)c1cccc(C(=O)N2CCC(F)(c3cccc(C(F)(F)F)c3)C2)c1. The number of benzene rings is 2. The van der Waals surface area contributed by atoms with Crippen molar-refractivity contribution >= 4 is 17.6 Å². The van der Waals surface area contributed by atoms with Crippen LogP contribution >= 0.6 is 0 Å². The first-order chi connectivity index (χ1) is 14.0. The molecular formula is C19H20F4N6O. The maximum Gasteiger partial charge on any atom is 0.416 e. The molecule has 0 aliphatic carbocycles. The summed E-state index contributed by atoms with van der Waals surface area (Å²) in [6, 6.07) is 10.2. The van der Waals surface area contributed by atoms with E-state index < -0.39 is 23.3 Å². The molecule has 160 valence electrons. The van der Waals surface area contributed by atoms with E-state index in [4.69, 9.17) is 17.4 Å². The predicted molar refractivity (Wildman–Crippen MR) is 104 cm³/mol. The summed E-state index contributed by atoms with van der Waals surface area (Å²) in [6.07, 6.45) is -4.70. The summed E-state index contributed by atoms with van der Waals surface area (Å²) in [5, 5.41) is 4.24. The zero-order valence-electron chi connectivity index (χ0n) is 15.7. The van der Waals surface area contributed by atoms with Crippen molar-refractivity contribution in [3.8, 4) is 0 Å². The van der Waals surface area contributed by atoms with Crippen LogP contribution in [0.5, 0.6) is 0 Å². The number of hydrogen-bond acceptors (Lipinski definition) is 4. The van der Waals surface area contributed by atoms with Gasteiger partial charge in [0.05, 0.1) is 17.8 Å². The summed E-state index contributed by atoms with van der Waals surface area (Å²) >= 11 is 0. The Kier molecular flexibility index (Phi) is 5.57. The highest BCUT2D eigenvalue weighted by molar-refractivity contribution is 5.98. The quantitative estimate of drug-likeness (QED) is 0.230. The Morgan fingerprint density at radius 2 is 1.87 bits per heavy atom. The number of nitrogens with zero attached hydrogens (tertiary/aromatic N) is 3. The highest BCUT2D eigenvalue weighted by Gasteiger charge is 2.43. The molecule has 0 saturated carbocycles. The second-order valence-corrected chi connectivity index (χ2v) is 6.93. The fourth-order valence-corrected chi connectivity index (χ4v) is 3.32. The van der Waals surface area contributed by atoms with E-state index in [0.29, 0.717) is 5.69 Å². The van der Waals surface area contributed by atoms with E-state index in [0.717, 1.165) is 23.2 Å². The van der Waals surface area contributed by atoms with E-state index in [1.165, 1.54) is 23.1 Å². The van der Waals surface area contributed by atoms with Crippen LogP contribution in [0.4, 0.5) is 23.2 Å². The fourth-order valence-electron chi connectivity index (χ4n) is 3.32. The lowest BCUT2D eigenvalue weighted by Gasteiger charge is -2.23. The summed E-state index contributed by atoms with van der Waals surface area (Å²) in [7, 11) is 0. The van der Waals surface area contributed by atoms with Gasteiger partial charge in [-0.1, -0.05) is 18.2 Å². The molecule has 1 aliphatic rings. The lowest BCUT2D eigenvalue weighted by Crippen LogP contribution is -2.43. The third kappa shape index (κ3) is 4.15. The number of alkyl halides is 4. The van der Waals surface area contributed by atoms with Gasteiger partial charge in [0, 0.05) is 18.5 Å². The minimum absolute atomic E-state index is 0.0501. The molecule has 7 nitrogen and oxygen atoms in total. The maximum atomic E-state index is 15.5. The van der Waals surface area contributed by atoms with Crippen LogP contribution in [-0.4, -0.2) is 29.9 Å². The molecular weight excluding hydrogens is 404 g/mol. The summed E-state index contributed by atoms with van der Waals surface area (Å²) in [5.41, 5.74) is 2.96. The first kappa shape index (κ1) is 21.4. The van der Waals surface area contributed by atoms with E-state index in [-0.39, 0.29) is 36.6 Å². The van der Waals surface area contributed by atoms with Crippen LogP contribution in [0.3, 0.4) is 0 Å². The van der Waals surface area contributed by atoms with Crippen molar-refractivity contribution in [2.24, 2.45) is 22.5 Å². The van der Waals surface area contributed by atoms with Crippen molar-refractivity contribution in [3.05, 3.63) is 65.2 Å². The van der Waals surface area contributed by atoms with Gasteiger partial charge in [-0.05, 0) is 35.9 Å². The Bertz CT molecular complexity index is 979. The second-order valence-electron chi connectivity index (χ2n) is 6.93. The molecule has 30 heavy (non-hydrogen) atoms. The van der Waals surface area contributed by atoms with Gasteiger partial charge >= 0.3 is 6.18 Å². The molecule has 1 heterocycles. The highest BCUT2D eigenvalue weighted by Crippen LogP contribution is 2.39. The zero-order valence-corrected chi connectivity index (χ0v) is 15.7. The van der Waals surface area contributed by atoms with Gasteiger partial charge in [-0.2, -0.15) is 13.2 Å². The molecule has 0 bridgehead atoms. The number of hydrogen-bond donors (Lipinski definition) is 3. The Balaban J connectivity index is 1.81. The number of carbonyl (C=O) groups is 1. The molecule has 0 aromatic heterocycles. The topological polar surface area (TPSA) is 114 Å². The Morgan fingerprint density at radius 3 is 2.53 bits per heavy atom. The van der Waals surface area contributed by atoms with E-state index in [2.05, 4.69) is 5.10 Å². The van der Waals surface area contributed by atoms with Crippen molar-refractivity contribution in [3.63, 3.8) is 0 Å². The third-order valence-electron chi connectivity index (χ3n) is 4.96. The number of anilines is 1. The number of rotatable bonds is 3. The normalized spacial score (nSPS) is 19.8. The first-order valence-electron chi connectivity index (χ1n) is 8.89. The van der Waals surface area contributed by atoms with Gasteiger partial charge in [0.15, 0.2) is 5.67 Å². The molecule has 1 fully saturated rings. The fraction of sp³-hybridized carbons (Fsp3) is 0.263. The van der Waals surface area contributed by atoms with E-state index in [1.54, 1.807) is 12.1 Å². The molecule has 1 aliphatic heterocycles. The largest absolute Gasteiger partial charge is 0.416 e. The molecule has 1 atom stereocenters. The summed E-state index contributed by atoms with van der Waals surface area (Å²) in [4.78, 5) is 14.1. The third-order valence-corrected chi connectivity index (χ3v) is 4.96. The van der Waals surface area contributed by atoms with Crippen molar-refractivity contribution in [1.82, 2.24) is 4.90 Å². The van der Waals surface area contributed by atoms with Gasteiger partial charge in [0.2, 0.25) is 5.96 Å². The number of amides is 1. The molecule has 11 heteroatoms. The molecule has 1 amide bonds. The number of nitrogens with two attached hydrogens (primary N) is 3. The van der Waals surface area contributed by atoms with Gasteiger partial charge in [0.25, 0.3) is 5.91 Å². The molecule has 2 aromatic rings. The standard InChI is InChI=1S/C19H20F4N6O/c20-18(13-4-2-5-14(10-13)19(21,22)23)7-8-28(11-18)16(30)12-3-1-6-15(9-12)29(26)17(24)27-25/h1-6,9-10H,7-8,11,25-26H2,(H2,24,27). The number of hydrazine groups is 1. The molecule has 0 radical (unpaired) electrons. The number of halogens is 4. The molecule has 3 rings (SSSR count). The minimum atomic E-state index is -4.58. The smallest absolute Gasteiger partial charge is 0.367 e. The summed E-state index contributed by atoms with van der Waals surface area (Å²) in [5.74, 6) is 10.2. The minimum Gasteiger partial charge on any atom is -0.367 e. The monoisotopic (exact) mass is 424 g/mol. The van der Waals surface area contributed by atoms with Gasteiger partial charge < -0.3 is 16.5 Å². The van der Waals surface area contributed by atoms with Crippen molar-refractivity contribution < 1.29 is 22.4 Å². The van der Waals surface area contributed by atoms with Crippen LogP contribution in [0.2, 0.25) is 0 Å². The van der Waals surface area contributed by atoms with Gasteiger partial charge in [-0.25, -0.2) is 15.2 Å². The number of likely N-dealkylation sites (tertiary alicyclic amines) is 1. The van der Waals surface area contributed by atoms with Crippen molar-refractivity contribution in [2.45, 2.75) is 18.3 Å². The zero-order chi connectivity index (χ0) is 22.1. The van der Waals surface area contributed by atoms with Crippen molar-refractivity contribution in [1.29, 1.82) is 0 Å². The lowest BCUT2D eigenvalue weighted by atomic mass is 9.93. The molecule has 2 aromatic carbocycles. The second kappa shape index (κ2) is 7.82. The highest BCUT2D eigenvalue weighted by atomic mass is 19.4. The van der Waals surface area contributed by atoms with Crippen LogP contribution in [-0.2, 0) is 11.8 Å². The molecule has 1 saturated heterocycles. The van der Waals surface area contributed by atoms with Gasteiger partial charge in [-0.3, -0.25) is 4.79 Å². The van der Waals surface area contributed by atoms with Crippen LogP contribution < -0.4 is 22.4 Å². The molecule has 0 spiro atoms. The van der Waals surface area contributed by atoms with Gasteiger partial charge in [0.1, 0.15) is 0 Å². The van der Waals surface area contributed by atoms with E-state index >= 15 is 4.39 Å². The van der Waals surface area contributed by atoms with Crippen LogP contribution in [0.15, 0.2) is 53.6 Å². The van der Waals surface area contributed by atoms with Gasteiger partial charge in [-0.15, -0.1) is 5.10 Å². The first-order valence-corrected chi connectivity index (χ1v) is 8.89. The lowest BCUT2D eigenvalue weighted by molar-refractivity contribution is -0.137. The summed E-state index contributed by atoms with van der Waals surface area (Å²) in [6.45, 7) is -0.315. The number of carbonyl (C=O) groups excluding carboxylic acids is 1. The molecule has 1 unspecified atom stereocenters. The Labute approximate surface area is 169 Å². The molecule has 6 N–H and O–H groups in total. The Hall–Kier alpha value is -3.34. The Morgan fingerprint density at radius 1 is 1.17 bits per heavy atom. The predicted octanol–water partition coefficient (Wildman–Crippen LogP) is 2.28. The average Bonchev–Trinajstić information content (AvgIpc) is 3.15. The van der Waals surface area contributed by atoms with E-state index in [9.17, 15) is 18.0 Å². The summed E-state index contributed by atoms with van der Waals surface area (Å²) < 4.78 is 54.4. The number of hydrazone groups is 1. The van der Waals surface area contributed by atoms with Crippen LogP contribution in [0, 0.1) is 0 Å². The van der Waals surface area contributed by atoms with E-state index in [1.807, 2.05) is 0 Å². The maximum absolute atomic E-state index is 15.5. The van der Waals surface area contributed by atoms with Crippen LogP contribution in [0.25, 0.3) is 0 Å². The van der Waals surface area contributed by atoms with Crippen LogP contribution in [0.1, 0.15) is 27.9 Å².